The maximum absolute atomic E-state index is 9.95. The zero-order valence-electron chi connectivity index (χ0n) is 15.2. The normalized spacial score (nSPS) is 12.3. The summed E-state index contributed by atoms with van der Waals surface area (Å²) in [5.41, 5.74) is 2.16. The molecule has 2 N–H and O–H groups in total. The number of nitrogens with zero attached hydrogens (tertiary/aromatic N) is 1. The maximum atomic E-state index is 9.95. The molecule has 0 saturated heterocycles. The van der Waals surface area contributed by atoms with Crippen LogP contribution in [0.2, 0.25) is 0 Å². The van der Waals surface area contributed by atoms with Gasteiger partial charge in [-0.05, 0) is 63.0 Å². The first-order chi connectivity index (χ1) is 12.1. The molecule has 0 amide bonds. The Hall–Kier alpha value is -2.04. The van der Waals surface area contributed by atoms with Crippen molar-refractivity contribution >= 4 is 0 Å². The first-order valence-corrected chi connectivity index (χ1v) is 8.86. The number of para-hydroxylation sites is 2. The molecule has 25 heavy (non-hydrogen) atoms. The molecule has 136 valence electrons. The number of rotatable bonds is 10. The van der Waals surface area contributed by atoms with Crippen LogP contribution in [0.3, 0.4) is 0 Å². The molecule has 0 aromatic heterocycles. The number of aryl methyl sites for hydroxylation is 2. The molecule has 1 unspecified atom stereocenters. The second-order valence-electron chi connectivity index (χ2n) is 6.67. The van der Waals surface area contributed by atoms with Gasteiger partial charge in [0, 0.05) is 6.54 Å². The molecule has 0 heterocycles. The zero-order chi connectivity index (χ0) is 18.1. The molecule has 0 aliphatic rings. The van der Waals surface area contributed by atoms with Crippen LogP contribution in [0.5, 0.6) is 11.5 Å². The van der Waals surface area contributed by atoms with Crippen LogP contribution in [0.4, 0.5) is 0 Å². The minimum absolute atomic E-state index is 0.299. The van der Waals surface area contributed by atoms with Gasteiger partial charge in [0.1, 0.15) is 24.2 Å². The fourth-order valence-corrected chi connectivity index (χ4v) is 2.86. The third-order valence-corrected chi connectivity index (χ3v) is 4.11. The van der Waals surface area contributed by atoms with Crippen LogP contribution in [0.15, 0.2) is 48.5 Å². The van der Waals surface area contributed by atoms with Gasteiger partial charge in [0.05, 0.1) is 0 Å². The van der Waals surface area contributed by atoms with E-state index in [0.29, 0.717) is 18.9 Å². The van der Waals surface area contributed by atoms with Gasteiger partial charge in [0.2, 0.25) is 0 Å². The summed E-state index contributed by atoms with van der Waals surface area (Å²) in [5.74, 6) is 1.23. The Labute approximate surface area is 150 Å². The average molecular weight is 343 g/mol. The number of phenols is 1. The van der Waals surface area contributed by atoms with E-state index < -0.39 is 6.10 Å². The van der Waals surface area contributed by atoms with Crippen LogP contribution in [0.25, 0.3) is 0 Å². The van der Waals surface area contributed by atoms with Crippen LogP contribution in [-0.4, -0.2) is 48.5 Å². The number of aliphatic hydroxyl groups is 1. The lowest BCUT2D eigenvalue weighted by molar-refractivity contribution is 0.0827. The van der Waals surface area contributed by atoms with Crippen molar-refractivity contribution in [2.45, 2.75) is 31.8 Å². The number of benzene rings is 2. The summed E-state index contributed by atoms with van der Waals surface area (Å²) in [7, 11) is 3.86. The van der Waals surface area contributed by atoms with Crippen molar-refractivity contribution < 1.29 is 14.9 Å². The Morgan fingerprint density at radius 1 is 0.920 bits per heavy atom. The Balaban J connectivity index is 1.81. The molecule has 1 atom stereocenters. The maximum Gasteiger partial charge on any atom is 0.122 e. The Morgan fingerprint density at radius 2 is 1.52 bits per heavy atom. The highest BCUT2D eigenvalue weighted by molar-refractivity contribution is 5.34. The molecular formula is C21H29NO3. The number of likely N-dealkylation sites (N-methyl/N-ethyl adjacent to an activating group) is 1. The molecular weight excluding hydrogens is 314 g/mol. The smallest absolute Gasteiger partial charge is 0.122 e. The number of aromatic hydroxyl groups is 1. The lowest BCUT2D eigenvalue weighted by Gasteiger charge is -2.18. The van der Waals surface area contributed by atoms with Crippen molar-refractivity contribution in [1.29, 1.82) is 0 Å². The van der Waals surface area contributed by atoms with Crippen LogP contribution >= 0.6 is 0 Å². The molecule has 2 aromatic carbocycles. The molecule has 0 spiro atoms. The first kappa shape index (κ1) is 19.3. The van der Waals surface area contributed by atoms with Gasteiger partial charge >= 0.3 is 0 Å². The summed E-state index contributed by atoms with van der Waals surface area (Å²) in [5, 5.41) is 19.8. The molecule has 0 bridgehead atoms. The predicted octanol–water partition coefficient (Wildman–Crippen LogP) is 3.26. The summed E-state index contributed by atoms with van der Waals surface area (Å²) in [6.07, 6.45) is 3.33. The van der Waals surface area contributed by atoms with Crippen molar-refractivity contribution in [2.24, 2.45) is 0 Å². The van der Waals surface area contributed by atoms with Crippen LogP contribution < -0.4 is 4.74 Å². The average Bonchev–Trinajstić information content (AvgIpc) is 2.58. The minimum atomic E-state index is -0.496. The van der Waals surface area contributed by atoms with Gasteiger partial charge in [-0.25, -0.2) is 0 Å². The lowest BCUT2D eigenvalue weighted by atomic mass is 10.0. The monoisotopic (exact) mass is 343 g/mol. The molecule has 0 fully saturated rings. The molecule has 4 nitrogen and oxygen atoms in total. The second-order valence-corrected chi connectivity index (χ2v) is 6.67. The SMILES string of the molecule is CN(C)CC(O)COc1ccccc1CCCCc1ccccc1O. The summed E-state index contributed by atoms with van der Waals surface area (Å²) >= 11 is 0. The fraction of sp³-hybridized carbons (Fsp3) is 0.429. The number of hydrogen-bond donors (Lipinski definition) is 2. The minimum Gasteiger partial charge on any atom is -0.508 e. The lowest BCUT2D eigenvalue weighted by Crippen LogP contribution is -2.30. The predicted molar refractivity (Wildman–Crippen MR) is 101 cm³/mol. The van der Waals surface area contributed by atoms with Gasteiger partial charge < -0.3 is 19.8 Å². The molecule has 0 aliphatic carbocycles. The van der Waals surface area contributed by atoms with Crippen molar-refractivity contribution in [3.8, 4) is 11.5 Å². The third kappa shape index (κ3) is 6.77. The van der Waals surface area contributed by atoms with E-state index in [2.05, 4.69) is 6.07 Å². The number of hydrogen-bond acceptors (Lipinski definition) is 4. The highest BCUT2D eigenvalue weighted by Crippen LogP contribution is 2.22. The highest BCUT2D eigenvalue weighted by atomic mass is 16.5. The molecule has 0 saturated carbocycles. The van der Waals surface area contributed by atoms with E-state index in [0.717, 1.165) is 42.6 Å². The van der Waals surface area contributed by atoms with E-state index in [9.17, 15) is 10.2 Å². The summed E-state index contributed by atoms with van der Waals surface area (Å²) < 4.78 is 5.82. The standard InChI is InChI=1S/C21H29NO3/c1-22(2)15-19(23)16-25-21-14-8-6-12-18(21)11-4-3-9-17-10-5-7-13-20(17)24/h5-8,10,12-14,19,23-24H,3-4,9,11,15-16H2,1-2H3. The van der Waals surface area contributed by atoms with Crippen molar-refractivity contribution in [3.05, 3.63) is 59.7 Å². The van der Waals surface area contributed by atoms with E-state index in [1.807, 2.05) is 55.4 Å². The van der Waals surface area contributed by atoms with Crippen molar-refractivity contribution in [2.75, 3.05) is 27.2 Å². The Morgan fingerprint density at radius 3 is 2.20 bits per heavy atom. The molecule has 2 rings (SSSR count). The van der Waals surface area contributed by atoms with E-state index >= 15 is 0 Å². The van der Waals surface area contributed by atoms with Gasteiger partial charge in [0.15, 0.2) is 0 Å². The number of unbranched alkanes of at least 4 members (excludes halogenated alkanes) is 1. The fourth-order valence-electron chi connectivity index (χ4n) is 2.86. The number of aliphatic hydroxyl groups excluding tert-OH is 1. The van der Waals surface area contributed by atoms with E-state index in [4.69, 9.17) is 4.74 Å². The van der Waals surface area contributed by atoms with Crippen LogP contribution in [0.1, 0.15) is 24.0 Å². The summed E-state index contributed by atoms with van der Waals surface area (Å²) in [6.45, 7) is 0.885. The number of phenolic OH excluding ortho intramolecular Hbond substituents is 1. The van der Waals surface area contributed by atoms with Gasteiger partial charge in [-0.2, -0.15) is 0 Å². The van der Waals surface area contributed by atoms with E-state index in [-0.39, 0.29) is 0 Å². The van der Waals surface area contributed by atoms with Gasteiger partial charge in [0.25, 0.3) is 0 Å². The molecule has 4 heteroatoms. The highest BCUT2D eigenvalue weighted by Gasteiger charge is 2.09. The van der Waals surface area contributed by atoms with Gasteiger partial charge in [-0.1, -0.05) is 36.4 Å². The number of ether oxygens (including phenoxy) is 1. The van der Waals surface area contributed by atoms with E-state index in [1.165, 1.54) is 0 Å². The van der Waals surface area contributed by atoms with Crippen LogP contribution in [0, 0.1) is 0 Å². The Bertz CT molecular complexity index is 643. The third-order valence-electron chi connectivity index (χ3n) is 4.11. The quantitative estimate of drug-likeness (QED) is 0.650. The topological polar surface area (TPSA) is 52.9 Å². The molecule has 0 aliphatic heterocycles. The summed E-state index contributed by atoms with van der Waals surface area (Å²) in [6, 6.07) is 15.5. The van der Waals surface area contributed by atoms with Crippen molar-refractivity contribution in [3.63, 3.8) is 0 Å². The molecule has 0 radical (unpaired) electrons. The largest absolute Gasteiger partial charge is 0.508 e. The second kappa shape index (κ2) is 10.1. The van der Waals surface area contributed by atoms with Gasteiger partial charge in [-0.3, -0.25) is 0 Å². The van der Waals surface area contributed by atoms with E-state index in [1.54, 1.807) is 6.07 Å². The zero-order valence-corrected chi connectivity index (χ0v) is 15.2. The van der Waals surface area contributed by atoms with Gasteiger partial charge in [-0.15, -0.1) is 0 Å². The summed E-state index contributed by atoms with van der Waals surface area (Å²) in [4.78, 5) is 1.94. The van der Waals surface area contributed by atoms with Crippen molar-refractivity contribution in [1.82, 2.24) is 4.90 Å². The van der Waals surface area contributed by atoms with Crippen LogP contribution in [-0.2, 0) is 12.8 Å². The molecule has 2 aromatic rings. The Kier molecular flexibility index (Phi) is 7.76. The first-order valence-electron chi connectivity index (χ1n) is 8.86.